The van der Waals surface area contributed by atoms with Crippen LogP contribution in [0.15, 0.2) is 30.5 Å². The maximum Gasteiger partial charge on any atom is 0.325 e. The molecule has 1 atom stereocenters. The summed E-state index contributed by atoms with van der Waals surface area (Å²) in [6.45, 7) is 1.63. The highest BCUT2D eigenvalue weighted by atomic mass is 19.1. The Balaban J connectivity index is 1.84. The number of amides is 1. The van der Waals surface area contributed by atoms with Gasteiger partial charge in [0.2, 0.25) is 5.91 Å². The summed E-state index contributed by atoms with van der Waals surface area (Å²) in [5.41, 5.74) is 1.22. The molecule has 2 N–H and O–H groups in total. The Morgan fingerprint density at radius 1 is 1.43 bits per heavy atom. The number of carbonyl (C=O) groups is 2. The highest BCUT2D eigenvalue weighted by Gasteiger charge is 2.14. The minimum atomic E-state index is -1.02. The summed E-state index contributed by atoms with van der Waals surface area (Å²) in [7, 11) is 0. The van der Waals surface area contributed by atoms with Gasteiger partial charge in [0.05, 0.1) is 12.7 Å². The van der Waals surface area contributed by atoms with Gasteiger partial charge in [0.1, 0.15) is 18.1 Å². The largest absolute Gasteiger partial charge is 0.480 e. The Morgan fingerprint density at radius 3 is 2.91 bits per heavy atom. The van der Waals surface area contributed by atoms with Gasteiger partial charge < -0.3 is 10.4 Å². The minimum absolute atomic E-state index is 0.159. The van der Waals surface area contributed by atoms with Crippen LogP contribution in [0.3, 0.4) is 0 Å². The van der Waals surface area contributed by atoms with Crippen molar-refractivity contribution in [2.45, 2.75) is 26.4 Å². The lowest BCUT2D eigenvalue weighted by Crippen LogP contribution is -2.30. The fourth-order valence-corrected chi connectivity index (χ4v) is 2.10. The van der Waals surface area contributed by atoms with Crippen molar-refractivity contribution in [2.75, 3.05) is 0 Å². The van der Waals surface area contributed by atoms with Gasteiger partial charge in [0, 0.05) is 5.92 Å². The normalized spacial score (nSPS) is 11.9. The summed E-state index contributed by atoms with van der Waals surface area (Å²) in [4.78, 5) is 22.6. The molecule has 2 rings (SSSR count). The van der Waals surface area contributed by atoms with E-state index in [0.717, 1.165) is 5.56 Å². The molecular weight excluding hydrogens is 303 g/mol. The van der Waals surface area contributed by atoms with Crippen molar-refractivity contribution in [1.82, 2.24) is 20.3 Å². The molecule has 0 aliphatic carbocycles. The fourth-order valence-electron chi connectivity index (χ4n) is 2.10. The lowest BCUT2D eigenvalue weighted by atomic mass is 10.0. The van der Waals surface area contributed by atoms with E-state index in [4.69, 9.17) is 5.11 Å². The maximum atomic E-state index is 13.1. The van der Waals surface area contributed by atoms with Crippen LogP contribution in [0.4, 0.5) is 4.39 Å². The molecule has 0 saturated carbocycles. The molecule has 1 amide bonds. The van der Waals surface area contributed by atoms with E-state index in [9.17, 15) is 14.0 Å². The third-order valence-electron chi connectivity index (χ3n) is 3.21. The lowest BCUT2D eigenvalue weighted by Gasteiger charge is -2.11. The van der Waals surface area contributed by atoms with Gasteiger partial charge in [0.15, 0.2) is 0 Å². The van der Waals surface area contributed by atoms with Gasteiger partial charge in [-0.2, -0.15) is 0 Å². The quantitative estimate of drug-likeness (QED) is 0.793. The SMILES string of the molecule is CC(Cc1cccc(F)c1)C(=O)NCc1cn(CC(=O)O)nn1. The topological polar surface area (TPSA) is 97.1 Å². The lowest BCUT2D eigenvalue weighted by molar-refractivity contribution is -0.138. The van der Waals surface area contributed by atoms with Crippen LogP contribution in [0, 0.1) is 11.7 Å². The third kappa shape index (κ3) is 5.17. The molecule has 8 heteroatoms. The number of aromatic nitrogens is 3. The molecular formula is C15H17FN4O3. The first-order chi connectivity index (χ1) is 10.9. The summed E-state index contributed by atoms with van der Waals surface area (Å²) < 4.78 is 14.3. The minimum Gasteiger partial charge on any atom is -0.480 e. The van der Waals surface area contributed by atoms with Crippen molar-refractivity contribution in [2.24, 2.45) is 5.92 Å². The first-order valence-corrected chi connectivity index (χ1v) is 7.07. The number of benzene rings is 1. The number of hydrogen-bond donors (Lipinski definition) is 2. The standard InChI is InChI=1S/C15H17FN4O3/c1-10(5-11-3-2-4-12(16)6-11)15(23)17-7-13-8-20(19-18-13)9-14(21)22/h2-4,6,8,10H,5,7,9H2,1H3,(H,17,23)(H,21,22). The molecule has 0 radical (unpaired) electrons. The van der Waals surface area contributed by atoms with Gasteiger partial charge >= 0.3 is 5.97 Å². The van der Waals surface area contributed by atoms with E-state index >= 15 is 0 Å². The molecule has 0 aliphatic rings. The average Bonchev–Trinajstić information content (AvgIpc) is 2.91. The first kappa shape index (κ1) is 16.6. The molecule has 0 fully saturated rings. The van der Waals surface area contributed by atoms with Crippen LogP contribution in [0.1, 0.15) is 18.2 Å². The van der Waals surface area contributed by atoms with Crippen LogP contribution in [0.2, 0.25) is 0 Å². The Morgan fingerprint density at radius 2 is 2.22 bits per heavy atom. The van der Waals surface area contributed by atoms with Gasteiger partial charge in [-0.1, -0.05) is 24.3 Å². The van der Waals surface area contributed by atoms with E-state index in [1.807, 2.05) is 0 Å². The molecule has 0 aliphatic heterocycles. The number of aliphatic carboxylic acids is 1. The summed E-state index contributed by atoms with van der Waals surface area (Å²) in [5, 5.41) is 18.8. The van der Waals surface area contributed by atoms with Crippen molar-refractivity contribution in [3.63, 3.8) is 0 Å². The molecule has 23 heavy (non-hydrogen) atoms. The molecule has 0 saturated heterocycles. The summed E-state index contributed by atoms with van der Waals surface area (Å²) in [6, 6.07) is 6.14. The molecule has 7 nitrogen and oxygen atoms in total. The summed E-state index contributed by atoms with van der Waals surface area (Å²) >= 11 is 0. The van der Waals surface area contributed by atoms with E-state index in [0.29, 0.717) is 12.1 Å². The van der Waals surface area contributed by atoms with E-state index in [2.05, 4.69) is 15.6 Å². The highest BCUT2D eigenvalue weighted by Crippen LogP contribution is 2.10. The monoisotopic (exact) mass is 320 g/mol. The van der Waals surface area contributed by atoms with Crippen LogP contribution in [-0.4, -0.2) is 32.0 Å². The Hall–Kier alpha value is -2.77. The second kappa shape index (κ2) is 7.48. The molecule has 1 aromatic carbocycles. The Labute approximate surface area is 132 Å². The van der Waals surface area contributed by atoms with E-state index < -0.39 is 5.97 Å². The molecule has 0 bridgehead atoms. The van der Waals surface area contributed by atoms with Crippen molar-refractivity contribution in [1.29, 1.82) is 0 Å². The second-order valence-corrected chi connectivity index (χ2v) is 5.25. The highest BCUT2D eigenvalue weighted by molar-refractivity contribution is 5.78. The fraction of sp³-hybridized carbons (Fsp3) is 0.333. The maximum absolute atomic E-state index is 13.1. The van der Waals surface area contributed by atoms with Crippen LogP contribution in [-0.2, 0) is 29.1 Å². The summed E-state index contributed by atoms with van der Waals surface area (Å²) in [6.07, 6.45) is 1.89. The Bertz CT molecular complexity index is 702. The Kier molecular flexibility index (Phi) is 5.40. The first-order valence-electron chi connectivity index (χ1n) is 7.07. The van der Waals surface area contributed by atoms with Gasteiger partial charge in [-0.3, -0.25) is 9.59 Å². The third-order valence-corrected chi connectivity index (χ3v) is 3.21. The smallest absolute Gasteiger partial charge is 0.325 e. The predicted molar refractivity (Wildman–Crippen MR) is 78.8 cm³/mol. The average molecular weight is 320 g/mol. The van der Waals surface area contributed by atoms with Crippen LogP contribution in [0.25, 0.3) is 0 Å². The molecule has 1 heterocycles. The number of nitrogens with zero attached hydrogens (tertiary/aromatic N) is 3. The number of nitrogens with one attached hydrogen (secondary N) is 1. The number of carboxylic acids is 1. The van der Waals surface area contributed by atoms with Gasteiger partial charge in [-0.05, 0) is 24.1 Å². The van der Waals surface area contributed by atoms with Crippen LogP contribution in [0.5, 0.6) is 0 Å². The van der Waals surface area contributed by atoms with Crippen molar-refractivity contribution >= 4 is 11.9 Å². The second-order valence-electron chi connectivity index (χ2n) is 5.25. The van der Waals surface area contributed by atoms with E-state index in [-0.39, 0.29) is 30.7 Å². The number of hydrogen-bond acceptors (Lipinski definition) is 4. The van der Waals surface area contributed by atoms with Gasteiger partial charge in [0.25, 0.3) is 0 Å². The van der Waals surface area contributed by atoms with Crippen LogP contribution < -0.4 is 5.32 Å². The van der Waals surface area contributed by atoms with Crippen molar-refractivity contribution in [3.8, 4) is 0 Å². The molecule has 1 aromatic heterocycles. The number of rotatable bonds is 7. The zero-order chi connectivity index (χ0) is 16.8. The molecule has 0 spiro atoms. The number of carboxylic acid groups (broad SMARTS) is 1. The van der Waals surface area contributed by atoms with Crippen LogP contribution >= 0.6 is 0 Å². The van der Waals surface area contributed by atoms with Gasteiger partial charge in [-0.15, -0.1) is 5.10 Å². The molecule has 1 unspecified atom stereocenters. The summed E-state index contributed by atoms with van der Waals surface area (Å²) in [5.74, 6) is -1.87. The zero-order valence-corrected chi connectivity index (χ0v) is 12.6. The predicted octanol–water partition coefficient (Wildman–Crippen LogP) is 0.997. The zero-order valence-electron chi connectivity index (χ0n) is 12.6. The van der Waals surface area contributed by atoms with Crippen molar-refractivity contribution in [3.05, 3.63) is 47.5 Å². The van der Waals surface area contributed by atoms with Gasteiger partial charge in [-0.25, -0.2) is 9.07 Å². The molecule has 2 aromatic rings. The van der Waals surface area contributed by atoms with E-state index in [1.165, 1.54) is 23.0 Å². The molecule has 122 valence electrons. The van der Waals surface area contributed by atoms with E-state index in [1.54, 1.807) is 19.1 Å². The van der Waals surface area contributed by atoms with Crippen molar-refractivity contribution < 1.29 is 19.1 Å². The number of halogens is 1. The number of carbonyl (C=O) groups excluding carboxylic acids is 1.